The number of benzene rings is 1. The minimum Gasteiger partial charge on any atom is -0.349 e. The highest BCUT2D eigenvalue weighted by Gasteiger charge is 2.27. The average Bonchev–Trinajstić information content (AvgIpc) is 3.28. The minimum atomic E-state index is -0.108. The largest absolute Gasteiger partial charge is 0.349 e. The molecule has 2 heterocycles. The van der Waals surface area contributed by atoms with E-state index in [0.717, 1.165) is 51.6 Å². The van der Waals surface area contributed by atoms with E-state index in [1.807, 2.05) is 12.1 Å². The Bertz CT molecular complexity index is 843. The molecule has 0 bridgehead atoms. The molecule has 2 N–H and O–H groups in total. The molecule has 152 valence electrons. The summed E-state index contributed by atoms with van der Waals surface area (Å²) in [6.07, 6.45) is 9.32. The Hall–Kier alpha value is -2.96. The van der Waals surface area contributed by atoms with Crippen LogP contribution < -0.4 is 15.5 Å². The van der Waals surface area contributed by atoms with E-state index in [1.54, 1.807) is 30.6 Å². The Kier molecular flexibility index (Phi) is 6.03. The lowest BCUT2D eigenvalue weighted by Gasteiger charge is -2.31. The fraction of sp³-hybridized carbons (Fsp3) is 0.455. The van der Waals surface area contributed by atoms with Gasteiger partial charge in [-0.25, -0.2) is 9.97 Å². The van der Waals surface area contributed by atoms with Crippen molar-refractivity contribution in [3.63, 3.8) is 0 Å². The molecule has 7 heteroatoms. The number of carbonyl (C=O) groups is 2. The Labute approximate surface area is 170 Å². The second-order valence-electron chi connectivity index (χ2n) is 7.80. The third-order valence-electron chi connectivity index (χ3n) is 5.82. The molecule has 1 aliphatic carbocycles. The van der Waals surface area contributed by atoms with E-state index >= 15 is 0 Å². The molecule has 1 saturated heterocycles. The maximum Gasteiger partial charge on any atom is 0.253 e. The van der Waals surface area contributed by atoms with Gasteiger partial charge in [-0.05, 0) is 43.9 Å². The van der Waals surface area contributed by atoms with Gasteiger partial charge in [0, 0.05) is 37.4 Å². The summed E-state index contributed by atoms with van der Waals surface area (Å²) in [5, 5.41) is 6.09. The molecule has 2 fully saturated rings. The first kappa shape index (κ1) is 19.4. The van der Waals surface area contributed by atoms with Crippen LogP contribution in [0.5, 0.6) is 0 Å². The number of para-hydroxylation sites is 1. The number of rotatable bonds is 5. The van der Waals surface area contributed by atoms with Crippen LogP contribution in [0.4, 0.5) is 11.6 Å². The molecule has 1 aromatic carbocycles. The number of anilines is 2. The number of nitrogens with one attached hydrogen (secondary N) is 2. The van der Waals surface area contributed by atoms with Crippen LogP contribution in [0.3, 0.4) is 0 Å². The van der Waals surface area contributed by atoms with Gasteiger partial charge in [0.15, 0.2) is 0 Å². The van der Waals surface area contributed by atoms with Crippen molar-refractivity contribution in [1.29, 1.82) is 0 Å². The van der Waals surface area contributed by atoms with E-state index in [0.29, 0.717) is 17.2 Å². The monoisotopic (exact) mass is 393 g/mol. The van der Waals surface area contributed by atoms with Crippen LogP contribution in [0.1, 0.15) is 48.9 Å². The Morgan fingerprint density at radius 2 is 1.62 bits per heavy atom. The average molecular weight is 393 g/mol. The van der Waals surface area contributed by atoms with Gasteiger partial charge >= 0.3 is 0 Å². The molecule has 0 radical (unpaired) electrons. The summed E-state index contributed by atoms with van der Waals surface area (Å²) < 4.78 is 0. The Balaban J connectivity index is 1.36. The maximum atomic E-state index is 12.8. The van der Waals surface area contributed by atoms with Crippen molar-refractivity contribution >= 4 is 23.5 Å². The highest BCUT2D eigenvalue weighted by atomic mass is 16.2. The van der Waals surface area contributed by atoms with Crippen molar-refractivity contribution in [3.05, 3.63) is 48.3 Å². The lowest BCUT2D eigenvalue weighted by molar-refractivity contribution is -0.120. The number of hydrogen-bond acceptors (Lipinski definition) is 5. The number of amides is 2. The lowest BCUT2D eigenvalue weighted by Crippen LogP contribution is -2.39. The molecular formula is C22H27N5O2. The molecule has 4 rings (SSSR count). The molecule has 2 amide bonds. The van der Waals surface area contributed by atoms with Crippen LogP contribution >= 0.6 is 0 Å². The van der Waals surface area contributed by atoms with E-state index in [2.05, 4.69) is 25.5 Å². The van der Waals surface area contributed by atoms with E-state index in [4.69, 9.17) is 0 Å². The molecule has 0 unspecified atom stereocenters. The van der Waals surface area contributed by atoms with Crippen molar-refractivity contribution in [2.75, 3.05) is 23.3 Å². The number of piperidine rings is 1. The first-order chi connectivity index (χ1) is 14.2. The SMILES string of the molecule is O=C(NC1CCCC1)c1ccccc1NC(=O)C1CCN(c2ncccn2)CC1. The lowest BCUT2D eigenvalue weighted by atomic mass is 9.96. The molecule has 0 spiro atoms. The number of carbonyl (C=O) groups excluding carboxylic acids is 2. The van der Waals surface area contributed by atoms with Crippen LogP contribution in [-0.2, 0) is 4.79 Å². The third kappa shape index (κ3) is 4.72. The smallest absolute Gasteiger partial charge is 0.253 e. The normalized spacial score (nSPS) is 17.9. The van der Waals surface area contributed by atoms with Crippen molar-refractivity contribution in [1.82, 2.24) is 15.3 Å². The van der Waals surface area contributed by atoms with Crippen LogP contribution in [0.2, 0.25) is 0 Å². The quantitative estimate of drug-likeness (QED) is 0.815. The zero-order valence-electron chi connectivity index (χ0n) is 16.5. The van der Waals surface area contributed by atoms with Gasteiger partial charge < -0.3 is 15.5 Å². The van der Waals surface area contributed by atoms with Crippen molar-refractivity contribution in [2.24, 2.45) is 5.92 Å². The molecular weight excluding hydrogens is 366 g/mol. The van der Waals surface area contributed by atoms with Crippen LogP contribution in [0, 0.1) is 5.92 Å². The van der Waals surface area contributed by atoms with Gasteiger partial charge in [-0.3, -0.25) is 9.59 Å². The topological polar surface area (TPSA) is 87.2 Å². The Morgan fingerprint density at radius 3 is 2.34 bits per heavy atom. The molecule has 2 aliphatic rings. The predicted octanol–water partition coefficient (Wildman–Crippen LogP) is 3.00. The van der Waals surface area contributed by atoms with Gasteiger partial charge in [0.05, 0.1) is 11.3 Å². The highest BCUT2D eigenvalue weighted by Crippen LogP contribution is 2.24. The summed E-state index contributed by atoms with van der Waals surface area (Å²) in [5.74, 6) is 0.491. The van der Waals surface area contributed by atoms with E-state index in [-0.39, 0.29) is 23.8 Å². The second-order valence-corrected chi connectivity index (χ2v) is 7.80. The van der Waals surface area contributed by atoms with Gasteiger partial charge in [0.25, 0.3) is 5.91 Å². The standard InChI is InChI=1S/C22H27N5O2/c28-20(16-10-14-27(15-11-16)22-23-12-5-13-24-22)26-19-9-4-3-8-18(19)21(29)25-17-6-1-2-7-17/h3-5,8-9,12-13,16-17H,1-2,6-7,10-11,14-15H2,(H,25,29)(H,26,28). The van der Waals surface area contributed by atoms with Crippen LogP contribution in [0.25, 0.3) is 0 Å². The molecule has 29 heavy (non-hydrogen) atoms. The van der Waals surface area contributed by atoms with Crippen molar-refractivity contribution in [3.8, 4) is 0 Å². The third-order valence-corrected chi connectivity index (χ3v) is 5.82. The predicted molar refractivity (Wildman–Crippen MR) is 112 cm³/mol. The fourth-order valence-corrected chi connectivity index (χ4v) is 4.15. The van der Waals surface area contributed by atoms with Gasteiger partial charge in [0.2, 0.25) is 11.9 Å². The molecule has 0 atom stereocenters. The molecule has 1 aliphatic heterocycles. The Morgan fingerprint density at radius 1 is 0.931 bits per heavy atom. The number of aromatic nitrogens is 2. The van der Waals surface area contributed by atoms with Gasteiger partial charge in [-0.1, -0.05) is 25.0 Å². The summed E-state index contributed by atoms with van der Waals surface area (Å²) in [5.41, 5.74) is 1.12. The number of nitrogens with zero attached hydrogens (tertiary/aromatic N) is 3. The highest BCUT2D eigenvalue weighted by molar-refractivity contribution is 6.04. The first-order valence-corrected chi connectivity index (χ1v) is 10.4. The second kappa shape index (κ2) is 9.03. The van der Waals surface area contributed by atoms with Crippen molar-refractivity contribution in [2.45, 2.75) is 44.6 Å². The fourth-order valence-electron chi connectivity index (χ4n) is 4.15. The van der Waals surface area contributed by atoms with E-state index in [1.165, 1.54) is 0 Å². The summed E-state index contributed by atoms with van der Waals surface area (Å²) in [6, 6.07) is 9.29. The van der Waals surface area contributed by atoms with Crippen molar-refractivity contribution < 1.29 is 9.59 Å². The zero-order valence-corrected chi connectivity index (χ0v) is 16.5. The first-order valence-electron chi connectivity index (χ1n) is 10.4. The van der Waals surface area contributed by atoms with Gasteiger partial charge in [-0.15, -0.1) is 0 Å². The summed E-state index contributed by atoms with van der Waals surface area (Å²) in [6.45, 7) is 1.48. The summed E-state index contributed by atoms with van der Waals surface area (Å²) in [4.78, 5) is 36.2. The van der Waals surface area contributed by atoms with Crippen LogP contribution in [-0.4, -0.2) is 40.9 Å². The maximum absolute atomic E-state index is 12.8. The van der Waals surface area contributed by atoms with Crippen LogP contribution in [0.15, 0.2) is 42.7 Å². The molecule has 1 saturated carbocycles. The van der Waals surface area contributed by atoms with Gasteiger partial charge in [0.1, 0.15) is 0 Å². The van der Waals surface area contributed by atoms with Gasteiger partial charge in [-0.2, -0.15) is 0 Å². The van der Waals surface area contributed by atoms with E-state index in [9.17, 15) is 9.59 Å². The summed E-state index contributed by atoms with van der Waals surface area (Å²) in [7, 11) is 0. The zero-order chi connectivity index (χ0) is 20.1. The molecule has 7 nitrogen and oxygen atoms in total. The van der Waals surface area contributed by atoms with E-state index < -0.39 is 0 Å². The minimum absolute atomic E-state index is 0.0280. The molecule has 2 aromatic rings. The summed E-state index contributed by atoms with van der Waals surface area (Å²) >= 11 is 0. The number of hydrogen-bond donors (Lipinski definition) is 2. The molecule has 1 aromatic heterocycles.